The van der Waals surface area contributed by atoms with Gasteiger partial charge in [0.05, 0.1) is 6.10 Å². The van der Waals surface area contributed by atoms with Gasteiger partial charge in [0.15, 0.2) is 0 Å². The summed E-state index contributed by atoms with van der Waals surface area (Å²) in [4.78, 5) is 14.6. The molecule has 4 nitrogen and oxygen atoms in total. The molecule has 1 fully saturated rings. The largest absolute Gasteiger partial charge is 0.491 e. The summed E-state index contributed by atoms with van der Waals surface area (Å²) < 4.78 is 6.57. The first-order chi connectivity index (χ1) is 9.99. The fourth-order valence-corrected chi connectivity index (χ4v) is 3.08. The van der Waals surface area contributed by atoms with Crippen molar-refractivity contribution < 1.29 is 9.53 Å². The normalized spacial score (nSPS) is 18.9. The Morgan fingerprint density at radius 2 is 2.19 bits per heavy atom. The molecular weight excluding hydrogens is 332 g/mol. The molecule has 1 aliphatic heterocycles. The van der Waals surface area contributed by atoms with Crippen LogP contribution in [-0.4, -0.2) is 43.1 Å². The highest BCUT2D eigenvalue weighted by Gasteiger charge is 2.24. The van der Waals surface area contributed by atoms with E-state index in [-0.39, 0.29) is 12.0 Å². The maximum absolute atomic E-state index is 12.7. The van der Waals surface area contributed by atoms with Crippen LogP contribution in [0.1, 0.15) is 37.0 Å². The van der Waals surface area contributed by atoms with Gasteiger partial charge in [-0.3, -0.25) is 4.79 Å². The van der Waals surface area contributed by atoms with Gasteiger partial charge in [0, 0.05) is 29.2 Å². The average Bonchev–Trinajstić information content (AvgIpc) is 2.45. The van der Waals surface area contributed by atoms with Crippen LogP contribution in [0.2, 0.25) is 0 Å². The number of nitrogens with one attached hydrogen (secondary N) is 1. The number of hydrogen-bond donors (Lipinski definition) is 1. The van der Waals surface area contributed by atoms with Crippen LogP contribution < -0.4 is 10.1 Å². The second kappa shape index (κ2) is 7.27. The zero-order chi connectivity index (χ0) is 15.4. The summed E-state index contributed by atoms with van der Waals surface area (Å²) in [6.07, 6.45) is 2.26. The lowest BCUT2D eigenvalue weighted by Gasteiger charge is -2.32. The molecule has 116 valence electrons. The summed E-state index contributed by atoms with van der Waals surface area (Å²) in [5, 5.41) is 3.26. The van der Waals surface area contributed by atoms with E-state index in [4.69, 9.17) is 4.74 Å². The van der Waals surface area contributed by atoms with E-state index in [1.54, 1.807) is 0 Å². The molecule has 1 heterocycles. The molecule has 1 unspecified atom stereocenters. The van der Waals surface area contributed by atoms with Crippen LogP contribution in [0.25, 0.3) is 0 Å². The van der Waals surface area contributed by atoms with Crippen LogP contribution in [0.3, 0.4) is 0 Å². The highest BCUT2D eigenvalue weighted by molar-refractivity contribution is 9.10. The summed E-state index contributed by atoms with van der Waals surface area (Å²) in [6.45, 7) is 5.54. The van der Waals surface area contributed by atoms with Crippen molar-refractivity contribution in [3.05, 3.63) is 28.2 Å². The Balaban J connectivity index is 2.16. The maximum Gasteiger partial charge on any atom is 0.254 e. The van der Waals surface area contributed by atoms with Gasteiger partial charge in [-0.25, -0.2) is 0 Å². The summed E-state index contributed by atoms with van der Waals surface area (Å²) in [5.41, 5.74) is 0.678. The van der Waals surface area contributed by atoms with Gasteiger partial charge in [0.25, 0.3) is 5.91 Å². The first-order valence-electron chi connectivity index (χ1n) is 7.43. The molecule has 1 aliphatic rings. The lowest BCUT2D eigenvalue weighted by molar-refractivity contribution is 0.0697. The van der Waals surface area contributed by atoms with Gasteiger partial charge in [-0.15, -0.1) is 0 Å². The van der Waals surface area contributed by atoms with Crippen LogP contribution in [-0.2, 0) is 0 Å². The molecule has 1 atom stereocenters. The number of likely N-dealkylation sites (tertiary alicyclic amines) is 1. The minimum absolute atomic E-state index is 0.0739. The number of piperidine rings is 1. The average molecular weight is 355 g/mol. The number of hydrogen-bond acceptors (Lipinski definition) is 3. The van der Waals surface area contributed by atoms with E-state index in [1.807, 2.05) is 44.0 Å². The van der Waals surface area contributed by atoms with Gasteiger partial charge < -0.3 is 15.0 Å². The minimum atomic E-state index is 0.0739. The van der Waals surface area contributed by atoms with E-state index >= 15 is 0 Å². The molecule has 0 spiro atoms. The SMILES string of the molecule is CNC1CCCN(C(=O)c2cc(Br)cc(OC(C)C)c2)C1. The lowest BCUT2D eigenvalue weighted by Crippen LogP contribution is -2.46. The Kier molecular flexibility index (Phi) is 5.65. The van der Waals surface area contributed by atoms with Gasteiger partial charge in [-0.1, -0.05) is 15.9 Å². The number of amides is 1. The fraction of sp³-hybridized carbons (Fsp3) is 0.562. The van der Waals surface area contributed by atoms with Crippen LogP contribution in [0, 0.1) is 0 Å². The first-order valence-corrected chi connectivity index (χ1v) is 8.22. The minimum Gasteiger partial charge on any atom is -0.491 e. The molecule has 1 aromatic carbocycles. The Morgan fingerprint density at radius 3 is 2.86 bits per heavy atom. The van der Waals surface area contributed by atoms with Crippen molar-refractivity contribution >= 4 is 21.8 Å². The lowest BCUT2D eigenvalue weighted by atomic mass is 10.0. The smallest absolute Gasteiger partial charge is 0.254 e. The topological polar surface area (TPSA) is 41.6 Å². The second-order valence-corrected chi connectivity index (χ2v) is 6.64. The van der Waals surface area contributed by atoms with Crippen LogP contribution >= 0.6 is 15.9 Å². The summed E-state index contributed by atoms with van der Waals surface area (Å²) in [5.74, 6) is 0.801. The number of ether oxygens (including phenoxy) is 1. The highest BCUT2D eigenvalue weighted by atomic mass is 79.9. The van der Waals surface area contributed by atoms with Gasteiger partial charge in [-0.2, -0.15) is 0 Å². The van der Waals surface area contributed by atoms with E-state index in [2.05, 4.69) is 21.2 Å². The number of carbonyl (C=O) groups excluding carboxylic acids is 1. The van der Waals surface area contributed by atoms with E-state index in [0.29, 0.717) is 11.6 Å². The standard InChI is InChI=1S/C16H23BrN2O2/c1-11(2)21-15-8-12(7-13(17)9-15)16(20)19-6-4-5-14(10-19)18-3/h7-9,11,14,18H,4-6,10H2,1-3H3. The molecule has 1 saturated heterocycles. The third-order valence-corrected chi connectivity index (χ3v) is 4.06. The number of halogens is 1. The molecule has 0 radical (unpaired) electrons. The van der Waals surface area contributed by atoms with Crippen LogP contribution in [0.4, 0.5) is 0 Å². The van der Waals surface area contributed by atoms with Crippen molar-refractivity contribution in [1.29, 1.82) is 0 Å². The Morgan fingerprint density at radius 1 is 1.43 bits per heavy atom. The number of nitrogens with zero attached hydrogens (tertiary/aromatic N) is 1. The van der Waals surface area contributed by atoms with Gasteiger partial charge in [-0.05, 0) is 51.9 Å². The summed E-state index contributed by atoms with van der Waals surface area (Å²) in [7, 11) is 1.95. The fourth-order valence-electron chi connectivity index (χ4n) is 2.61. The molecule has 0 bridgehead atoms. The number of likely N-dealkylation sites (N-methyl/N-ethyl adjacent to an activating group) is 1. The summed E-state index contributed by atoms with van der Waals surface area (Å²) in [6, 6.07) is 5.97. The molecule has 1 N–H and O–H groups in total. The Labute approximate surface area is 135 Å². The molecule has 1 aromatic rings. The summed E-state index contributed by atoms with van der Waals surface area (Å²) >= 11 is 3.46. The van der Waals surface area contributed by atoms with Crippen LogP contribution in [0.15, 0.2) is 22.7 Å². The first kappa shape index (κ1) is 16.3. The van der Waals surface area contributed by atoms with Gasteiger partial charge >= 0.3 is 0 Å². The highest BCUT2D eigenvalue weighted by Crippen LogP contribution is 2.24. The van der Waals surface area contributed by atoms with Gasteiger partial charge in [0.1, 0.15) is 5.75 Å². The molecule has 5 heteroatoms. The molecule has 21 heavy (non-hydrogen) atoms. The monoisotopic (exact) mass is 354 g/mol. The van der Waals surface area contributed by atoms with E-state index in [9.17, 15) is 4.79 Å². The Bertz CT molecular complexity index is 505. The third kappa shape index (κ3) is 4.45. The van der Waals surface area contributed by atoms with Crippen molar-refractivity contribution in [2.45, 2.75) is 38.8 Å². The van der Waals surface area contributed by atoms with Crippen molar-refractivity contribution in [3.8, 4) is 5.75 Å². The number of benzene rings is 1. The predicted molar refractivity (Wildman–Crippen MR) is 87.9 cm³/mol. The second-order valence-electron chi connectivity index (χ2n) is 5.72. The van der Waals surface area contributed by atoms with Crippen molar-refractivity contribution in [1.82, 2.24) is 10.2 Å². The maximum atomic E-state index is 12.7. The molecule has 0 saturated carbocycles. The molecule has 1 amide bonds. The molecule has 0 aliphatic carbocycles. The number of rotatable bonds is 4. The number of carbonyl (C=O) groups is 1. The third-order valence-electron chi connectivity index (χ3n) is 3.61. The quantitative estimate of drug-likeness (QED) is 0.903. The zero-order valence-corrected chi connectivity index (χ0v) is 14.4. The van der Waals surface area contributed by atoms with E-state index in [1.165, 1.54) is 0 Å². The van der Waals surface area contributed by atoms with E-state index in [0.717, 1.165) is 36.2 Å². The van der Waals surface area contributed by atoms with Crippen molar-refractivity contribution in [2.24, 2.45) is 0 Å². The van der Waals surface area contributed by atoms with Crippen molar-refractivity contribution in [2.75, 3.05) is 20.1 Å². The Hall–Kier alpha value is -1.07. The van der Waals surface area contributed by atoms with Gasteiger partial charge in [0.2, 0.25) is 0 Å². The molecular formula is C16H23BrN2O2. The molecule has 2 rings (SSSR count). The van der Waals surface area contributed by atoms with Crippen molar-refractivity contribution in [3.63, 3.8) is 0 Å². The zero-order valence-electron chi connectivity index (χ0n) is 12.9. The van der Waals surface area contributed by atoms with Crippen LogP contribution in [0.5, 0.6) is 5.75 Å². The predicted octanol–water partition coefficient (Wildman–Crippen LogP) is 3.06. The van der Waals surface area contributed by atoms with E-state index < -0.39 is 0 Å². The molecule has 0 aromatic heterocycles.